The van der Waals surface area contributed by atoms with Crippen molar-refractivity contribution < 1.29 is 9.90 Å². The van der Waals surface area contributed by atoms with Gasteiger partial charge in [-0.15, -0.1) is 0 Å². The zero-order valence-electron chi connectivity index (χ0n) is 9.64. The molecule has 0 rings (SSSR count). The van der Waals surface area contributed by atoms with E-state index < -0.39 is 11.5 Å². The van der Waals surface area contributed by atoms with Crippen molar-refractivity contribution in [3.63, 3.8) is 0 Å². The Morgan fingerprint density at radius 1 is 1.15 bits per heavy atom. The minimum absolute atomic E-state index is 0.000324. The molecule has 1 atom stereocenters. The standard InChI is InChI=1S/C11H22O2/c1-10(2,3)7-8(12)9(13)11(4,5)6/h8,12H,7H2,1-6H3. The van der Waals surface area contributed by atoms with Crippen molar-refractivity contribution in [2.24, 2.45) is 10.8 Å². The summed E-state index contributed by atoms with van der Waals surface area (Å²) < 4.78 is 0. The lowest BCUT2D eigenvalue weighted by atomic mass is 9.81. The van der Waals surface area contributed by atoms with E-state index in [1.165, 1.54) is 0 Å². The van der Waals surface area contributed by atoms with E-state index in [1.807, 2.05) is 41.5 Å². The fourth-order valence-electron chi connectivity index (χ4n) is 1.17. The van der Waals surface area contributed by atoms with E-state index in [0.717, 1.165) is 0 Å². The van der Waals surface area contributed by atoms with Crippen LogP contribution in [0.2, 0.25) is 0 Å². The maximum Gasteiger partial charge on any atom is 0.166 e. The van der Waals surface area contributed by atoms with Crippen LogP contribution in [0.5, 0.6) is 0 Å². The second kappa shape index (κ2) is 3.79. The number of ketones is 1. The largest absolute Gasteiger partial charge is 0.385 e. The number of Topliss-reactive ketones (excluding diaryl/α,β-unsaturated/α-hetero) is 1. The molecule has 0 saturated heterocycles. The van der Waals surface area contributed by atoms with Gasteiger partial charge in [0.2, 0.25) is 0 Å². The van der Waals surface area contributed by atoms with Crippen LogP contribution in [0.3, 0.4) is 0 Å². The van der Waals surface area contributed by atoms with Crippen molar-refractivity contribution in [1.82, 2.24) is 0 Å². The van der Waals surface area contributed by atoms with Gasteiger partial charge in [0.15, 0.2) is 5.78 Å². The van der Waals surface area contributed by atoms with Gasteiger partial charge >= 0.3 is 0 Å². The Labute approximate surface area is 81.3 Å². The second-order valence-corrected chi connectivity index (χ2v) is 5.89. The Morgan fingerprint density at radius 2 is 1.54 bits per heavy atom. The molecule has 0 aromatic carbocycles. The molecule has 0 aromatic rings. The second-order valence-electron chi connectivity index (χ2n) is 5.89. The predicted molar refractivity (Wildman–Crippen MR) is 54.5 cm³/mol. The average Bonchev–Trinajstić information content (AvgIpc) is 1.79. The molecule has 2 nitrogen and oxygen atoms in total. The van der Waals surface area contributed by atoms with Crippen molar-refractivity contribution in [3.8, 4) is 0 Å². The Morgan fingerprint density at radius 3 is 1.77 bits per heavy atom. The molecule has 0 heterocycles. The van der Waals surface area contributed by atoms with Crippen molar-refractivity contribution in [3.05, 3.63) is 0 Å². The number of hydrogen-bond donors (Lipinski definition) is 1. The summed E-state index contributed by atoms with van der Waals surface area (Å²) in [6.45, 7) is 11.6. The molecule has 0 amide bonds. The third kappa shape index (κ3) is 5.04. The zero-order chi connectivity index (χ0) is 10.9. The first-order valence-corrected chi connectivity index (χ1v) is 4.76. The molecular formula is C11H22O2. The summed E-state index contributed by atoms with van der Waals surface area (Å²) in [5.41, 5.74) is -0.439. The molecule has 1 N–H and O–H groups in total. The van der Waals surface area contributed by atoms with Gasteiger partial charge < -0.3 is 5.11 Å². The van der Waals surface area contributed by atoms with Gasteiger partial charge in [0.25, 0.3) is 0 Å². The van der Waals surface area contributed by atoms with Gasteiger partial charge in [0.1, 0.15) is 6.10 Å². The molecule has 0 saturated carbocycles. The number of hydrogen-bond acceptors (Lipinski definition) is 2. The first-order chi connectivity index (χ1) is 5.54. The summed E-state index contributed by atoms with van der Waals surface area (Å²) >= 11 is 0. The van der Waals surface area contributed by atoms with Gasteiger partial charge in [-0.1, -0.05) is 41.5 Å². The van der Waals surface area contributed by atoms with Crippen LogP contribution in [-0.4, -0.2) is 17.0 Å². The summed E-state index contributed by atoms with van der Waals surface area (Å²) in [5, 5.41) is 9.64. The first-order valence-electron chi connectivity index (χ1n) is 4.76. The summed E-state index contributed by atoms with van der Waals surface area (Å²) in [4.78, 5) is 11.6. The SMILES string of the molecule is CC(C)(C)CC(O)C(=O)C(C)(C)C. The van der Waals surface area contributed by atoms with Gasteiger partial charge in [-0.3, -0.25) is 4.79 Å². The molecule has 1 unspecified atom stereocenters. The minimum atomic E-state index is -0.819. The van der Waals surface area contributed by atoms with Crippen molar-refractivity contribution in [2.45, 2.75) is 54.1 Å². The number of rotatable bonds is 2. The lowest BCUT2D eigenvalue weighted by Crippen LogP contribution is -2.35. The third-order valence-electron chi connectivity index (χ3n) is 1.85. The van der Waals surface area contributed by atoms with E-state index >= 15 is 0 Å². The highest BCUT2D eigenvalue weighted by Gasteiger charge is 2.30. The highest BCUT2D eigenvalue weighted by molar-refractivity contribution is 5.87. The van der Waals surface area contributed by atoms with Crippen LogP contribution in [0, 0.1) is 10.8 Å². The molecule has 0 aromatic heterocycles. The molecule has 0 spiro atoms. The lowest BCUT2D eigenvalue weighted by molar-refractivity contribution is -0.136. The smallest absolute Gasteiger partial charge is 0.166 e. The number of carbonyl (C=O) groups is 1. The summed E-state index contributed by atoms with van der Waals surface area (Å²) in [6, 6.07) is 0. The Bertz CT molecular complexity index is 181. The van der Waals surface area contributed by atoms with Crippen molar-refractivity contribution in [2.75, 3.05) is 0 Å². The average molecular weight is 186 g/mol. The maximum absolute atomic E-state index is 11.6. The van der Waals surface area contributed by atoms with Crippen molar-refractivity contribution >= 4 is 5.78 Å². The van der Waals surface area contributed by atoms with E-state index in [-0.39, 0.29) is 11.2 Å². The molecule has 13 heavy (non-hydrogen) atoms. The third-order valence-corrected chi connectivity index (χ3v) is 1.85. The lowest BCUT2D eigenvalue weighted by Gasteiger charge is -2.26. The molecule has 0 bridgehead atoms. The predicted octanol–water partition coefficient (Wildman–Crippen LogP) is 2.40. The monoisotopic (exact) mass is 186 g/mol. The first kappa shape index (κ1) is 12.6. The fraction of sp³-hybridized carbons (Fsp3) is 0.909. The molecule has 0 radical (unpaired) electrons. The highest BCUT2D eigenvalue weighted by Crippen LogP contribution is 2.25. The zero-order valence-corrected chi connectivity index (χ0v) is 9.64. The number of aliphatic hydroxyl groups is 1. The normalized spacial score (nSPS) is 15.6. The van der Waals surface area contributed by atoms with Gasteiger partial charge in [0.05, 0.1) is 0 Å². The molecule has 0 fully saturated rings. The minimum Gasteiger partial charge on any atom is -0.385 e. The van der Waals surface area contributed by atoms with E-state index in [0.29, 0.717) is 6.42 Å². The van der Waals surface area contributed by atoms with Crippen LogP contribution in [0.1, 0.15) is 48.0 Å². The summed E-state index contributed by atoms with van der Waals surface area (Å²) in [7, 11) is 0. The molecular weight excluding hydrogens is 164 g/mol. The highest BCUT2D eigenvalue weighted by atomic mass is 16.3. The van der Waals surface area contributed by atoms with Crippen molar-refractivity contribution in [1.29, 1.82) is 0 Å². The van der Waals surface area contributed by atoms with Crippen LogP contribution in [-0.2, 0) is 4.79 Å². The van der Waals surface area contributed by atoms with E-state index in [4.69, 9.17) is 0 Å². The Kier molecular flexibility index (Phi) is 3.68. The van der Waals surface area contributed by atoms with Crippen LogP contribution in [0.4, 0.5) is 0 Å². The quantitative estimate of drug-likeness (QED) is 0.719. The van der Waals surface area contributed by atoms with E-state index in [9.17, 15) is 9.90 Å². The topological polar surface area (TPSA) is 37.3 Å². The van der Waals surface area contributed by atoms with E-state index in [1.54, 1.807) is 0 Å². The maximum atomic E-state index is 11.6. The fourth-order valence-corrected chi connectivity index (χ4v) is 1.17. The van der Waals surface area contributed by atoms with Crippen LogP contribution in [0.25, 0.3) is 0 Å². The van der Waals surface area contributed by atoms with Crippen LogP contribution < -0.4 is 0 Å². The van der Waals surface area contributed by atoms with E-state index in [2.05, 4.69) is 0 Å². The summed E-state index contributed by atoms with van der Waals surface area (Å²) in [6.07, 6.45) is -0.289. The molecule has 0 aliphatic carbocycles. The van der Waals surface area contributed by atoms with Crippen LogP contribution >= 0.6 is 0 Å². The Hall–Kier alpha value is -0.370. The number of aliphatic hydroxyl groups excluding tert-OH is 1. The summed E-state index contributed by atoms with van der Waals surface area (Å²) in [5.74, 6) is -0.0672. The molecule has 0 aliphatic heterocycles. The van der Waals surface area contributed by atoms with Gasteiger partial charge in [0, 0.05) is 5.41 Å². The number of carbonyl (C=O) groups excluding carboxylic acids is 1. The molecule has 2 heteroatoms. The molecule has 0 aliphatic rings. The molecule has 78 valence electrons. The Balaban J connectivity index is 4.30. The van der Waals surface area contributed by atoms with Gasteiger partial charge in [-0.2, -0.15) is 0 Å². The van der Waals surface area contributed by atoms with Gasteiger partial charge in [-0.05, 0) is 11.8 Å². The van der Waals surface area contributed by atoms with Gasteiger partial charge in [-0.25, -0.2) is 0 Å². The van der Waals surface area contributed by atoms with Crippen LogP contribution in [0.15, 0.2) is 0 Å².